The molecule has 0 saturated carbocycles. The summed E-state index contributed by atoms with van der Waals surface area (Å²) in [7, 11) is 0. The number of amides is 2. The lowest BCUT2D eigenvalue weighted by Crippen LogP contribution is -2.34. The minimum absolute atomic E-state index is 0.0782. The number of nitrogens with one attached hydrogen (secondary N) is 2. The second-order valence-electron chi connectivity index (χ2n) is 7.74. The van der Waals surface area contributed by atoms with Crippen molar-refractivity contribution in [1.29, 1.82) is 0 Å². The van der Waals surface area contributed by atoms with Gasteiger partial charge in [-0.05, 0) is 61.5 Å². The number of aryl methyl sites for hydroxylation is 1. The van der Waals surface area contributed by atoms with Crippen LogP contribution in [0.25, 0.3) is 16.9 Å². The van der Waals surface area contributed by atoms with Gasteiger partial charge in [0.25, 0.3) is 11.8 Å². The van der Waals surface area contributed by atoms with E-state index in [2.05, 4.69) is 15.7 Å². The van der Waals surface area contributed by atoms with Gasteiger partial charge in [-0.3, -0.25) is 9.59 Å². The van der Waals surface area contributed by atoms with Crippen LogP contribution in [0.3, 0.4) is 0 Å². The highest BCUT2D eigenvalue weighted by Crippen LogP contribution is 2.25. The summed E-state index contributed by atoms with van der Waals surface area (Å²) < 4.78 is 14.9. The summed E-state index contributed by atoms with van der Waals surface area (Å²) in [6.07, 6.45) is 1.61. The first-order valence-corrected chi connectivity index (χ1v) is 10.7. The largest absolute Gasteiger partial charge is 0.508 e. The number of halogens is 1. The van der Waals surface area contributed by atoms with Crippen molar-refractivity contribution in [2.75, 3.05) is 13.1 Å². The van der Waals surface area contributed by atoms with Gasteiger partial charge >= 0.3 is 0 Å². The van der Waals surface area contributed by atoms with Gasteiger partial charge in [0.15, 0.2) is 0 Å². The second-order valence-corrected chi connectivity index (χ2v) is 7.74. The van der Waals surface area contributed by atoms with E-state index in [0.29, 0.717) is 22.5 Å². The van der Waals surface area contributed by atoms with Crippen molar-refractivity contribution < 1.29 is 19.1 Å². The first kappa shape index (κ1) is 22.7. The molecule has 172 valence electrons. The Morgan fingerprint density at radius 1 is 0.941 bits per heavy atom. The number of carbonyl (C=O) groups is 2. The van der Waals surface area contributed by atoms with Crippen LogP contribution in [0.5, 0.6) is 5.75 Å². The Morgan fingerprint density at radius 3 is 2.29 bits per heavy atom. The number of benzene rings is 3. The molecule has 0 atom stereocenters. The highest BCUT2D eigenvalue weighted by Gasteiger charge is 2.19. The van der Waals surface area contributed by atoms with E-state index in [-0.39, 0.29) is 36.5 Å². The van der Waals surface area contributed by atoms with Gasteiger partial charge in [0.2, 0.25) is 0 Å². The summed E-state index contributed by atoms with van der Waals surface area (Å²) in [6.45, 7) is 2.38. The van der Waals surface area contributed by atoms with Crippen LogP contribution in [0.1, 0.15) is 26.3 Å². The van der Waals surface area contributed by atoms with E-state index < -0.39 is 0 Å². The fourth-order valence-corrected chi connectivity index (χ4v) is 3.43. The molecular weight excluding hydrogens is 435 g/mol. The van der Waals surface area contributed by atoms with Crippen molar-refractivity contribution in [2.45, 2.75) is 6.92 Å². The molecule has 0 saturated heterocycles. The monoisotopic (exact) mass is 458 g/mol. The zero-order valence-electron chi connectivity index (χ0n) is 18.5. The van der Waals surface area contributed by atoms with Gasteiger partial charge in [0.1, 0.15) is 17.3 Å². The zero-order valence-corrected chi connectivity index (χ0v) is 18.5. The lowest BCUT2D eigenvalue weighted by Gasteiger charge is -2.08. The first-order chi connectivity index (χ1) is 16.4. The SMILES string of the molecule is Cc1cccc(-c2nn(-c3ccc(F)cc3)cc2C(=O)NCCNC(=O)c2ccc(O)cc2)c1. The van der Waals surface area contributed by atoms with Crippen molar-refractivity contribution in [2.24, 2.45) is 0 Å². The topological polar surface area (TPSA) is 96.3 Å². The van der Waals surface area contributed by atoms with Crippen LogP contribution >= 0.6 is 0 Å². The third-order valence-electron chi connectivity index (χ3n) is 5.17. The quantitative estimate of drug-likeness (QED) is 0.367. The van der Waals surface area contributed by atoms with E-state index in [1.54, 1.807) is 23.0 Å². The Morgan fingerprint density at radius 2 is 1.62 bits per heavy atom. The molecule has 3 N–H and O–H groups in total. The fourth-order valence-electron chi connectivity index (χ4n) is 3.43. The van der Waals surface area contributed by atoms with Gasteiger partial charge in [-0.25, -0.2) is 9.07 Å². The summed E-state index contributed by atoms with van der Waals surface area (Å²) >= 11 is 0. The lowest BCUT2D eigenvalue weighted by atomic mass is 10.1. The van der Waals surface area contributed by atoms with Crippen molar-refractivity contribution in [1.82, 2.24) is 20.4 Å². The summed E-state index contributed by atoms with van der Waals surface area (Å²) in [5.74, 6) is -0.931. The number of hydrogen-bond acceptors (Lipinski definition) is 4. The average molecular weight is 458 g/mol. The standard InChI is InChI=1S/C26H23FN4O3/c1-17-3-2-4-19(15-17)24-23(16-31(30-24)21-9-7-20(27)8-10-21)26(34)29-14-13-28-25(33)18-5-11-22(32)12-6-18/h2-12,15-16,32H,13-14H2,1H3,(H,28,33)(H,29,34). The number of hydrogen-bond donors (Lipinski definition) is 3. The number of phenolic OH excluding ortho intramolecular Hbond substituents is 1. The molecule has 4 aromatic rings. The molecule has 7 nitrogen and oxygen atoms in total. The molecule has 0 radical (unpaired) electrons. The first-order valence-electron chi connectivity index (χ1n) is 10.7. The second kappa shape index (κ2) is 9.99. The number of carbonyl (C=O) groups excluding carboxylic acids is 2. The maximum Gasteiger partial charge on any atom is 0.255 e. The molecule has 8 heteroatoms. The lowest BCUT2D eigenvalue weighted by molar-refractivity contribution is 0.0928. The number of aromatic hydroxyl groups is 1. The van der Waals surface area contributed by atoms with Crippen LogP contribution in [0.4, 0.5) is 4.39 Å². The summed E-state index contributed by atoms with van der Waals surface area (Å²) in [5.41, 5.74) is 3.70. The van der Waals surface area contributed by atoms with Crippen LogP contribution in [-0.2, 0) is 0 Å². The molecule has 0 bridgehead atoms. The fraction of sp³-hybridized carbons (Fsp3) is 0.115. The van der Waals surface area contributed by atoms with Gasteiger partial charge in [0.05, 0.1) is 11.3 Å². The maximum absolute atomic E-state index is 13.3. The smallest absolute Gasteiger partial charge is 0.255 e. The molecule has 1 heterocycles. The molecule has 0 aliphatic heterocycles. The Hall–Kier alpha value is -4.46. The molecule has 2 amide bonds. The van der Waals surface area contributed by atoms with Gasteiger partial charge in [-0.1, -0.05) is 23.8 Å². The Balaban J connectivity index is 1.48. The van der Waals surface area contributed by atoms with Crippen molar-refractivity contribution in [3.05, 3.63) is 102 Å². The van der Waals surface area contributed by atoms with Crippen LogP contribution in [0.15, 0.2) is 79.0 Å². The predicted molar refractivity (Wildman–Crippen MR) is 126 cm³/mol. The number of rotatable bonds is 7. The summed E-state index contributed by atoms with van der Waals surface area (Å²) in [5, 5.41) is 19.4. The molecule has 4 rings (SSSR count). The third-order valence-corrected chi connectivity index (χ3v) is 5.17. The Bertz CT molecular complexity index is 1310. The van der Waals surface area contributed by atoms with Crippen LogP contribution < -0.4 is 10.6 Å². The predicted octanol–water partition coefficient (Wildman–Crippen LogP) is 3.85. The van der Waals surface area contributed by atoms with Gasteiger partial charge in [-0.2, -0.15) is 5.10 Å². The van der Waals surface area contributed by atoms with E-state index in [0.717, 1.165) is 11.1 Å². The zero-order chi connectivity index (χ0) is 24.1. The van der Waals surface area contributed by atoms with E-state index in [4.69, 9.17) is 0 Å². The van der Waals surface area contributed by atoms with Crippen LogP contribution in [0.2, 0.25) is 0 Å². The molecule has 34 heavy (non-hydrogen) atoms. The van der Waals surface area contributed by atoms with Crippen LogP contribution in [0, 0.1) is 12.7 Å². The summed E-state index contributed by atoms with van der Waals surface area (Å²) in [6, 6.07) is 19.4. The van der Waals surface area contributed by atoms with Gasteiger partial charge in [0, 0.05) is 30.4 Å². The Kier molecular flexibility index (Phi) is 6.68. The van der Waals surface area contributed by atoms with E-state index in [9.17, 15) is 19.1 Å². The Labute approximate surface area is 195 Å². The summed E-state index contributed by atoms with van der Waals surface area (Å²) in [4.78, 5) is 25.2. The average Bonchev–Trinajstić information content (AvgIpc) is 3.28. The van der Waals surface area contributed by atoms with Crippen molar-refractivity contribution in [3.63, 3.8) is 0 Å². The van der Waals surface area contributed by atoms with E-state index in [1.165, 1.54) is 36.4 Å². The molecule has 0 aliphatic carbocycles. The molecule has 0 aliphatic rings. The molecule has 0 fully saturated rings. The van der Waals surface area contributed by atoms with Crippen LogP contribution in [-0.4, -0.2) is 39.8 Å². The number of nitrogens with zero attached hydrogens (tertiary/aromatic N) is 2. The number of phenols is 1. The van der Waals surface area contributed by atoms with Gasteiger partial charge in [-0.15, -0.1) is 0 Å². The maximum atomic E-state index is 13.3. The normalized spacial score (nSPS) is 10.6. The molecule has 0 spiro atoms. The minimum atomic E-state index is -0.359. The number of aromatic nitrogens is 2. The van der Waals surface area contributed by atoms with Crippen molar-refractivity contribution >= 4 is 11.8 Å². The van der Waals surface area contributed by atoms with E-state index in [1.807, 2.05) is 31.2 Å². The highest BCUT2D eigenvalue weighted by molar-refractivity contribution is 6.00. The highest BCUT2D eigenvalue weighted by atomic mass is 19.1. The third kappa shape index (κ3) is 5.29. The minimum Gasteiger partial charge on any atom is -0.508 e. The molecule has 3 aromatic carbocycles. The van der Waals surface area contributed by atoms with E-state index >= 15 is 0 Å². The molecular formula is C26H23FN4O3. The van der Waals surface area contributed by atoms with Gasteiger partial charge < -0.3 is 15.7 Å². The molecule has 0 unspecified atom stereocenters. The molecule has 1 aromatic heterocycles. The van der Waals surface area contributed by atoms with Crippen molar-refractivity contribution in [3.8, 4) is 22.7 Å².